The van der Waals surface area contributed by atoms with E-state index in [0.29, 0.717) is 12.4 Å². The van der Waals surface area contributed by atoms with Crippen LogP contribution in [0.15, 0.2) is 35.8 Å². The van der Waals surface area contributed by atoms with E-state index in [2.05, 4.69) is 27.2 Å². The molecule has 0 saturated heterocycles. The van der Waals surface area contributed by atoms with Crippen LogP contribution in [0.3, 0.4) is 0 Å². The molecule has 0 atom stereocenters. The van der Waals surface area contributed by atoms with Gasteiger partial charge in [-0.3, -0.25) is 4.79 Å². The molecule has 23 heavy (non-hydrogen) atoms. The van der Waals surface area contributed by atoms with Gasteiger partial charge < -0.3 is 5.73 Å². The Kier molecular flexibility index (Phi) is 4.47. The summed E-state index contributed by atoms with van der Waals surface area (Å²) < 4.78 is 1.84. The van der Waals surface area contributed by atoms with Crippen LogP contribution in [0.2, 0.25) is 0 Å². The molecule has 0 bridgehead atoms. The van der Waals surface area contributed by atoms with Crippen molar-refractivity contribution in [2.45, 2.75) is 26.3 Å². The minimum absolute atomic E-state index is 0.0448. The summed E-state index contributed by atoms with van der Waals surface area (Å²) in [5.41, 5.74) is 9.19. The van der Waals surface area contributed by atoms with Gasteiger partial charge in [-0.05, 0) is 18.9 Å². The molecule has 3 rings (SSSR count). The maximum absolute atomic E-state index is 11.1. The molecule has 0 aliphatic carbocycles. The number of amides is 1. The number of hydrogen-bond acceptors (Lipinski definition) is 5. The van der Waals surface area contributed by atoms with Crippen molar-refractivity contribution in [1.82, 2.24) is 19.7 Å². The lowest BCUT2D eigenvalue weighted by atomic mass is 10.1. The molecule has 0 aliphatic heterocycles. The number of aromatic nitrogens is 4. The van der Waals surface area contributed by atoms with Crippen LogP contribution in [0.1, 0.15) is 17.1 Å². The normalized spacial score (nSPS) is 10.8. The highest BCUT2D eigenvalue weighted by Crippen LogP contribution is 2.26. The molecule has 1 aromatic carbocycles. The quantitative estimate of drug-likeness (QED) is 0.750. The Labute approximate surface area is 138 Å². The summed E-state index contributed by atoms with van der Waals surface area (Å²) in [5.74, 6) is 0.767. The summed E-state index contributed by atoms with van der Waals surface area (Å²) in [6.07, 6.45) is 0.883. The van der Waals surface area contributed by atoms with Crippen LogP contribution in [0, 0.1) is 6.92 Å². The molecule has 2 aromatic heterocycles. The van der Waals surface area contributed by atoms with Crippen LogP contribution in [-0.2, 0) is 24.2 Å². The standard InChI is InChI=1S/C16H17N5OS/c1-11-15(23-10-18-11)16-19-14(9-13(17)22)20-21(16)8-7-12-5-3-2-4-6-12/h2-6,10H,7-9H2,1H3,(H2,17,22). The number of hydrogen-bond donors (Lipinski definition) is 1. The van der Waals surface area contributed by atoms with E-state index in [1.54, 1.807) is 5.51 Å². The lowest BCUT2D eigenvalue weighted by Crippen LogP contribution is -2.15. The summed E-state index contributed by atoms with van der Waals surface area (Å²) in [6, 6.07) is 10.2. The Morgan fingerprint density at radius 3 is 2.74 bits per heavy atom. The maximum atomic E-state index is 11.1. The molecular weight excluding hydrogens is 310 g/mol. The summed E-state index contributed by atoms with van der Waals surface area (Å²) in [6.45, 7) is 2.62. The van der Waals surface area contributed by atoms with Crippen molar-refractivity contribution in [2.24, 2.45) is 5.73 Å². The van der Waals surface area contributed by atoms with Gasteiger partial charge in [-0.25, -0.2) is 14.6 Å². The van der Waals surface area contributed by atoms with E-state index in [-0.39, 0.29) is 6.42 Å². The second kappa shape index (κ2) is 6.70. The Morgan fingerprint density at radius 1 is 1.30 bits per heavy atom. The van der Waals surface area contributed by atoms with E-state index in [1.807, 2.05) is 29.8 Å². The molecule has 6 nitrogen and oxygen atoms in total. The second-order valence-corrected chi connectivity index (χ2v) is 6.08. The predicted molar refractivity (Wildman–Crippen MR) is 88.9 cm³/mol. The molecule has 0 radical (unpaired) electrons. The van der Waals surface area contributed by atoms with Crippen LogP contribution >= 0.6 is 11.3 Å². The van der Waals surface area contributed by atoms with Crippen LogP contribution in [-0.4, -0.2) is 25.7 Å². The van der Waals surface area contributed by atoms with Gasteiger partial charge in [-0.15, -0.1) is 11.3 Å². The smallest absolute Gasteiger partial charge is 0.225 e. The summed E-state index contributed by atoms with van der Waals surface area (Å²) in [5, 5.41) is 4.45. The predicted octanol–water partition coefficient (Wildman–Crippen LogP) is 1.98. The van der Waals surface area contributed by atoms with Crippen LogP contribution in [0.5, 0.6) is 0 Å². The van der Waals surface area contributed by atoms with Crippen molar-refractivity contribution in [1.29, 1.82) is 0 Å². The maximum Gasteiger partial charge on any atom is 0.225 e. The van der Waals surface area contributed by atoms with Crippen LogP contribution < -0.4 is 5.73 Å². The van der Waals surface area contributed by atoms with Gasteiger partial charge >= 0.3 is 0 Å². The van der Waals surface area contributed by atoms with Crippen molar-refractivity contribution >= 4 is 17.2 Å². The van der Waals surface area contributed by atoms with Gasteiger partial charge in [0.15, 0.2) is 11.6 Å². The number of carbonyl (C=O) groups is 1. The van der Waals surface area contributed by atoms with E-state index in [4.69, 9.17) is 5.73 Å². The minimum atomic E-state index is -0.433. The Hall–Kier alpha value is -2.54. The third kappa shape index (κ3) is 3.62. The average molecular weight is 327 g/mol. The van der Waals surface area contributed by atoms with Gasteiger partial charge in [0.25, 0.3) is 0 Å². The fourth-order valence-corrected chi connectivity index (χ4v) is 3.14. The lowest BCUT2D eigenvalue weighted by Gasteiger charge is -2.05. The number of rotatable bonds is 6. The van der Waals surface area contributed by atoms with Gasteiger partial charge in [-0.2, -0.15) is 5.10 Å². The van der Waals surface area contributed by atoms with E-state index in [0.717, 1.165) is 22.8 Å². The van der Waals surface area contributed by atoms with Crippen molar-refractivity contribution in [3.8, 4) is 10.7 Å². The Bertz CT molecular complexity index is 809. The minimum Gasteiger partial charge on any atom is -0.369 e. The highest BCUT2D eigenvalue weighted by molar-refractivity contribution is 7.13. The molecule has 0 unspecified atom stereocenters. The fourth-order valence-electron chi connectivity index (χ4n) is 2.34. The molecule has 118 valence electrons. The zero-order chi connectivity index (χ0) is 16.2. The van der Waals surface area contributed by atoms with E-state index in [9.17, 15) is 4.79 Å². The Balaban J connectivity index is 1.89. The highest BCUT2D eigenvalue weighted by Gasteiger charge is 2.16. The van der Waals surface area contributed by atoms with Crippen LogP contribution in [0.25, 0.3) is 10.7 Å². The first-order valence-electron chi connectivity index (χ1n) is 7.30. The molecule has 0 saturated carbocycles. The van der Waals surface area contributed by atoms with E-state index < -0.39 is 5.91 Å². The molecule has 3 aromatic rings. The lowest BCUT2D eigenvalue weighted by molar-refractivity contribution is -0.117. The van der Waals surface area contributed by atoms with E-state index in [1.165, 1.54) is 16.9 Å². The molecule has 2 N–H and O–H groups in total. The number of thiazole rings is 1. The molecule has 0 spiro atoms. The van der Waals surface area contributed by atoms with Crippen molar-refractivity contribution in [3.05, 3.63) is 52.9 Å². The second-order valence-electron chi connectivity index (χ2n) is 5.22. The first kappa shape index (κ1) is 15.4. The number of aryl methyl sites for hydroxylation is 3. The van der Waals surface area contributed by atoms with Gasteiger partial charge in [0.05, 0.1) is 22.5 Å². The Morgan fingerprint density at radius 2 is 2.09 bits per heavy atom. The molecule has 1 amide bonds. The monoisotopic (exact) mass is 327 g/mol. The molecule has 0 aliphatic rings. The molecule has 2 heterocycles. The highest BCUT2D eigenvalue weighted by atomic mass is 32.1. The van der Waals surface area contributed by atoms with Gasteiger partial charge in [0.2, 0.25) is 5.91 Å². The first-order chi connectivity index (χ1) is 11.1. The average Bonchev–Trinajstić information content (AvgIpc) is 3.11. The molecule has 0 fully saturated rings. The SMILES string of the molecule is Cc1ncsc1-c1nc(CC(N)=O)nn1CCc1ccccc1. The number of nitrogens with two attached hydrogens (primary N) is 1. The van der Waals surface area contributed by atoms with Gasteiger partial charge in [0.1, 0.15) is 0 Å². The first-order valence-corrected chi connectivity index (χ1v) is 8.18. The third-order valence-corrected chi connectivity index (χ3v) is 4.38. The number of benzene rings is 1. The summed E-state index contributed by atoms with van der Waals surface area (Å²) in [4.78, 5) is 20.9. The van der Waals surface area contributed by atoms with E-state index >= 15 is 0 Å². The summed E-state index contributed by atoms with van der Waals surface area (Å²) >= 11 is 1.52. The number of carbonyl (C=O) groups excluding carboxylic acids is 1. The fraction of sp³-hybridized carbons (Fsp3) is 0.250. The zero-order valence-electron chi connectivity index (χ0n) is 12.8. The zero-order valence-corrected chi connectivity index (χ0v) is 13.6. The van der Waals surface area contributed by atoms with Crippen molar-refractivity contribution in [2.75, 3.05) is 0 Å². The number of primary amides is 1. The van der Waals surface area contributed by atoms with Crippen molar-refractivity contribution in [3.63, 3.8) is 0 Å². The summed E-state index contributed by atoms with van der Waals surface area (Å²) in [7, 11) is 0. The van der Waals surface area contributed by atoms with Crippen molar-refractivity contribution < 1.29 is 4.79 Å². The number of nitrogens with zero attached hydrogens (tertiary/aromatic N) is 4. The third-order valence-electron chi connectivity index (χ3n) is 3.45. The largest absolute Gasteiger partial charge is 0.369 e. The van der Waals surface area contributed by atoms with Gasteiger partial charge in [-0.1, -0.05) is 30.3 Å². The topological polar surface area (TPSA) is 86.7 Å². The van der Waals surface area contributed by atoms with Gasteiger partial charge in [0, 0.05) is 6.54 Å². The molecular formula is C16H17N5OS. The molecule has 7 heteroatoms. The van der Waals surface area contributed by atoms with Crippen LogP contribution in [0.4, 0.5) is 0 Å².